The number of hydrogen-bond acceptors (Lipinski definition) is 5. The van der Waals surface area contributed by atoms with Crippen LogP contribution in [0.5, 0.6) is 0 Å². The second kappa shape index (κ2) is 7.23. The van der Waals surface area contributed by atoms with Crippen molar-refractivity contribution in [2.45, 2.75) is 0 Å². The van der Waals surface area contributed by atoms with Gasteiger partial charge in [0.1, 0.15) is 0 Å². The van der Waals surface area contributed by atoms with Crippen molar-refractivity contribution in [2.75, 3.05) is 10.0 Å². The number of aromatic nitrogens is 1. The number of carboxylic acid groups (broad SMARTS) is 1. The van der Waals surface area contributed by atoms with Gasteiger partial charge in [-0.05, 0) is 36.4 Å². The van der Waals surface area contributed by atoms with E-state index >= 15 is 0 Å². The fourth-order valence-corrected chi connectivity index (χ4v) is 2.09. The molecule has 0 aliphatic heterocycles. The van der Waals surface area contributed by atoms with Crippen molar-refractivity contribution in [1.82, 2.24) is 4.98 Å². The smallest absolute Gasteiger partial charge is 0.330 e. The van der Waals surface area contributed by atoms with Crippen molar-refractivity contribution in [2.24, 2.45) is 0 Å². The fraction of sp³-hybridized carbons (Fsp3) is 0. The van der Waals surface area contributed by atoms with Crippen LogP contribution in [0.25, 0.3) is 5.70 Å². The lowest BCUT2D eigenvalue weighted by Crippen LogP contribution is -2.03. The number of aliphatic carboxylic acids is 1. The highest BCUT2D eigenvalue weighted by Crippen LogP contribution is 2.20. The quantitative estimate of drug-likeness (QED) is 0.475. The number of rotatable bonds is 6. The highest BCUT2D eigenvalue weighted by molar-refractivity contribution is 7.73. The standard InChI is InChI=1S/C14H13N3O4S/c18-14(19)8-13(10-2-1-7-15-9-10)16-11-3-5-12(6-4-11)17-22(20)21/h1-9,16,22H,(H,18,19)(H,17,20,21). The molecular formula is C14H13N3O4S. The first-order valence-electron chi connectivity index (χ1n) is 6.18. The number of hydrogen-bond donors (Lipinski definition) is 4. The van der Waals surface area contributed by atoms with Gasteiger partial charge in [0.2, 0.25) is 10.9 Å². The molecule has 2 rings (SSSR count). The number of nitrogens with one attached hydrogen (secondary N) is 2. The summed E-state index contributed by atoms with van der Waals surface area (Å²) in [4.78, 5) is 14.9. The summed E-state index contributed by atoms with van der Waals surface area (Å²) in [6.45, 7) is 0. The van der Waals surface area contributed by atoms with E-state index < -0.39 is 16.9 Å². The third kappa shape index (κ3) is 4.60. The van der Waals surface area contributed by atoms with Crippen molar-refractivity contribution in [3.8, 4) is 0 Å². The van der Waals surface area contributed by atoms with Crippen LogP contribution in [0.4, 0.5) is 11.4 Å². The summed E-state index contributed by atoms with van der Waals surface area (Å²) >= 11 is 0. The van der Waals surface area contributed by atoms with Gasteiger partial charge in [-0.2, -0.15) is 0 Å². The van der Waals surface area contributed by atoms with Gasteiger partial charge in [0.05, 0.1) is 5.70 Å². The van der Waals surface area contributed by atoms with Crippen molar-refractivity contribution in [3.63, 3.8) is 0 Å². The summed E-state index contributed by atoms with van der Waals surface area (Å²) in [6, 6.07) is 9.82. The number of thiol groups is 1. The van der Waals surface area contributed by atoms with Crippen LogP contribution in [0.2, 0.25) is 0 Å². The lowest BCUT2D eigenvalue weighted by molar-refractivity contribution is -0.131. The maximum absolute atomic E-state index is 10.9. The largest absolute Gasteiger partial charge is 0.478 e. The van der Waals surface area contributed by atoms with Crippen LogP contribution in [-0.2, 0) is 15.7 Å². The average Bonchev–Trinajstić information content (AvgIpc) is 2.48. The van der Waals surface area contributed by atoms with Gasteiger partial charge < -0.3 is 10.4 Å². The Hall–Kier alpha value is -2.87. The Bertz CT molecular complexity index is 747. The zero-order chi connectivity index (χ0) is 15.9. The van der Waals surface area contributed by atoms with Crippen LogP contribution in [0.15, 0.2) is 54.9 Å². The van der Waals surface area contributed by atoms with Crippen molar-refractivity contribution in [1.29, 1.82) is 0 Å². The van der Waals surface area contributed by atoms with E-state index in [9.17, 15) is 13.2 Å². The zero-order valence-electron chi connectivity index (χ0n) is 11.3. The van der Waals surface area contributed by atoms with Crippen LogP contribution >= 0.6 is 0 Å². The van der Waals surface area contributed by atoms with Gasteiger partial charge in [-0.25, -0.2) is 13.2 Å². The summed E-state index contributed by atoms with van der Waals surface area (Å²) in [5, 5.41) is 11.9. The van der Waals surface area contributed by atoms with Crippen molar-refractivity contribution >= 4 is 33.9 Å². The Labute approximate surface area is 128 Å². The minimum Gasteiger partial charge on any atom is -0.478 e. The Balaban J connectivity index is 2.23. The van der Waals surface area contributed by atoms with Gasteiger partial charge in [-0.3, -0.25) is 9.71 Å². The molecule has 0 bridgehead atoms. The van der Waals surface area contributed by atoms with Crippen LogP contribution in [0, 0.1) is 0 Å². The maximum Gasteiger partial charge on any atom is 0.330 e. The van der Waals surface area contributed by atoms with Gasteiger partial charge in [0.25, 0.3) is 0 Å². The molecule has 0 fully saturated rings. The lowest BCUT2D eigenvalue weighted by Gasteiger charge is -2.11. The second-order valence-corrected chi connectivity index (χ2v) is 4.95. The van der Waals surface area contributed by atoms with E-state index in [1.54, 1.807) is 48.8 Å². The van der Waals surface area contributed by atoms with E-state index in [1.165, 1.54) is 0 Å². The normalized spacial score (nSPS) is 11.2. The van der Waals surface area contributed by atoms with Gasteiger partial charge >= 0.3 is 5.97 Å². The Morgan fingerprint density at radius 2 is 1.82 bits per heavy atom. The SMILES string of the molecule is O=C(O)C=C(Nc1ccc(N[SH](=O)=O)cc1)c1cccnc1. The molecule has 0 aliphatic rings. The van der Waals surface area contributed by atoms with Crippen molar-refractivity contribution in [3.05, 3.63) is 60.4 Å². The van der Waals surface area contributed by atoms with E-state index in [1.807, 2.05) is 0 Å². The number of anilines is 2. The molecule has 7 nitrogen and oxygen atoms in total. The highest BCUT2D eigenvalue weighted by Gasteiger charge is 2.05. The molecule has 0 saturated carbocycles. The predicted octanol–water partition coefficient (Wildman–Crippen LogP) is 1.56. The van der Waals surface area contributed by atoms with Gasteiger partial charge in [0, 0.05) is 35.4 Å². The van der Waals surface area contributed by atoms with Crippen LogP contribution in [0.3, 0.4) is 0 Å². The van der Waals surface area contributed by atoms with Crippen LogP contribution in [-0.4, -0.2) is 24.5 Å². The molecule has 1 heterocycles. The average molecular weight is 319 g/mol. The minimum atomic E-state index is -2.72. The molecule has 2 aromatic rings. The van der Waals surface area contributed by atoms with E-state index in [0.717, 1.165) is 6.08 Å². The van der Waals surface area contributed by atoms with E-state index in [0.29, 0.717) is 22.6 Å². The Morgan fingerprint density at radius 3 is 2.36 bits per heavy atom. The molecule has 1 aromatic carbocycles. The first-order valence-corrected chi connectivity index (χ1v) is 7.35. The maximum atomic E-state index is 10.9. The molecule has 0 aliphatic carbocycles. The topological polar surface area (TPSA) is 108 Å². The van der Waals surface area contributed by atoms with Crippen LogP contribution in [0.1, 0.15) is 5.56 Å². The summed E-state index contributed by atoms with van der Waals surface area (Å²) in [7, 11) is -2.72. The number of carbonyl (C=O) groups is 1. The minimum absolute atomic E-state index is 0.371. The highest BCUT2D eigenvalue weighted by atomic mass is 32.2. The molecule has 8 heteroatoms. The zero-order valence-corrected chi connectivity index (χ0v) is 12.2. The number of nitrogens with zero attached hydrogens (tertiary/aromatic N) is 1. The Morgan fingerprint density at radius 1 is 1.14 bits per heavy atom. The summed E-state index contributed by atoms with van der Waals surface area (Å²) in [5.74, 6) is -1.09. The first-order chi connectivity index (χ1) is 10.5. The van der Waals surface area contributed by atoms with Gasteiger partial charge in [0.15, 0.2) is 0 Å². The summed E-state index contributed by atoms with van der Waals surface area (Å²) in [6.07, 6.45) is 4.17. The predicted molar refractivity (Wildman–Crippen MR) is 83.9 cm³/mol. The fourth-order valence-electron chi connectivity index (χ4n) is 1.73. The molecule has 1 aromatic heterocycles. The molecule has 0 atom stereocenters. The van der Waals surface area contributed by atoms with Gasteiger partial charge in [-0.15, -0.1) is 0 Å². The molecule has 0 radical (unpaired) electrons. The number of pyridine rings is 1. The first kappa shape index (κ1) is 15.5. The summed E-state index contributed by atoms with van der Waals surface area (Å²) < 4.78 is 23.4. The second-order valence-electron chi connectivity index (χ2n) is 4.21. The van der Waals surface area contributed by atoms with E-state index in [-0.39, 0.29) is 0 Å². The van der Waals surface area contributed by atoms with E-state index in [2.05, 4.69) is 15.0 Å². The monoisotopic (exact) mass is 319 g/mol. The summed E-state index contributed by atoms with van der Waals surface area (Å²) in [5.41, 5.74) is 2.03. The molecule has 0 amide bonds. The van der Waals surface area contributed by atoms with Gasteiger partial charge in [-0.1, -0.05) is 0 Å². The number of benzene rings is 1. The number of carboxylic acids is 1. The lowest BCUT2D eigenvalue weighted by atomic mass is 10.2. The third-order valence-electron chi connectivity index (χ3n) is 2.62. The molecule has 3 N–H and O–H groups in total. The molecule has 0 spiro atoms. The van der Waals surface area contributed by atoms with E-state index in [4.69, 9.17) is 5.11 Å². The third-order valence-corrected chi connectivity index (χ3v) is 3.07. The van der Waals surface area contributed by atoms with Crippen molar-refractivity contribution < 1.29 is 18.3 Å². The molecular weight excluding hydrogens is 306 g/mol. The Kier molecular flexibility index (Phi) is 5.10. The van der Waals surface area contributed by atoms with Crippen LogP contribution < -0.4 is 10.0 Å². The molecule has 0 saturated heterocycles. The molecule has 114 valence electrons. The molecule has 22 heavy (non-hydrogen) atoms. The molecule has 0 unspecified atom stereocenters.